The summed E-state index contributed by atoms with van der Waals surface area (Å²) in [5, 5.41) is 9.67. The van der Waals surface area contributed by atoms with Crippen LogP contribution in [0.2, 0.25) is 0 Å². The van der Waals surface area contributed by atoms with Crippen LogP contribution in [0.25, 0.3) is 0 Å². The molecule has 0 radical (unpaired) electrons. The molecule has 0 heterocycles. The second-order valence-corrected chi connectivity index (χ2v) is 3.39. The molecule has 0 saturated heterocycles. The number of hydrogen-bond acceptors (Lipinski definition) is 2. The van der Waals surface area contributed by atoms with Gasteiger partial charge in [0.05, 0.1) is 0 Å². The van der Waals surface area contributed by atoms with Crippen LogP contribution < -0.4 is 5.73 Å². The van der Waals surface area contributed by atoms with Crippen LogP contribution in [-0.2, 0) is 19.4 Å². The number of phenols is 1. The minimum Gasteiger partial charge on any atom is -0.508 e. The van der Waals surface area contributed by atoms with Crippen LogP contribution in [0.5, 0.6) is 5.75 Å². The van der Waals surface area contributed by atoms with Crippen LogP contribution in [0, 0.1) is 0 Å². The highest BCUT2D eigenvalue weighted by Gasteiger charge is 2.09. The second-order valence-electron chi connectivity index (χ2n) is 3.39. The average Bonchev–Trinajstić information content (AvgIpc) is 2.23. The SMILES string of the molecule is C=CCc1ccc(O)c(CN)c1CC=C. The van der Waals surface area contributed by atoms with Crippen molar-refractivity contribution >= 4 is 0 Å². The lowest BCUT2D eigenvalue weighted by molar-refractivity contribution is 0.467. The van der Waals surface area contributed by atoms with E-state index in [4.69, 9.17) is 5.73 Å². The van der Waals surface area contributed by atoms with Crippen LogP contribution in [0.3, 0.4) is 0 Å². The second kappa shape index (κ2) is 5.37. The molecule has 3 N–H and O–H groups in total. The van der Waals surface area contributed by atoms with E-state index in [9.17, 15) is 5.11 Å². The molecule has 0 amide bonds. The van der Waals surface area contributed by atoms with Gasteiger partial charge in [-0.1, -0.05) is 18.2 Å². The van der Waals surface area contributed by atoms with E-state index < -0.39 is 0 Å². The monoisotopic (exact) mass is 203 g/mol. The molecule has 80 valence electrons. The molecule has 2 nitrogen and oxygen atoms in total. The van der Waals surface area contributed by atoms with Crippen LogP contribution in [0.4, 0.5) is 0 Å². The fraction of sp³-hybridized carbons (Fsp3) is 0.231. The molecule has 0 unspecified atom stereocenters. The van der Waals surface area contributed by atoms with Crippen LogP contribution >= 0.6 is 0 Å². The minimum atomic E-state index is 0.266. The first kappa shape index (κ1) is 11.5. The molecule has 0 saturated carbocycles. The third-order valence-corrected chi connectivity index (χ3v) is 2.42. The van der Waals surface area contributed by atoms with Crippen LogP contribution in [-0.4, -0.2) is 5.11 Å². The molecule has 0 atom stereocenters. The van der Waals surface area contributed by atoms with E-state index in [1.165, 1.54) is 0 Å². The van der Waals surface area contributed by atoms with Gasteiger partial charge in [-0.25, -0.2) is 0 Å². The van der Waals surface area contributed by atoms with Gasteiger partial charge in [0, 0.05) is 12.1 Å². The molecule has 1 aromatic rings. The molecule has 0 aliphatic rings. The van der Waals surface area contributed by atoms with E-state index >= 15 is 0 Å². The smallest absolute Gasteiger partial charge is 0.120 e. The van der Waals surface area contributed by atoms with Gasteiger partial charge in [0.1, 0.15) is 5.75 Å². The van der Waals surface area contributed by atoms with E-state index in [0.29, 0.717) is 6.54 Å². The molecule has 1 rings (SSSR count). The Morgan fingerprint density at radius 2 is 1.80 bits per heavy atom. The zero-order chi connectivity index (χ0) is 11.3. The summed E-state index contributed by atoms with van der Waals surface area (Å²) in [7, 11) is 0. The molecular weight excluding hydrogens is 186 g/mol. The highest BCUT2D eigenvalue weighted by Crippen LogP contribution is 2.25. The lowest BCUT2D eigenvalue weighted by Crippen LogP contribution is -2.04. The molecule has 15 heavy (non-hydrogen) atoms. The minimum absolute atomic E-state index is 0.266. The molecule has 0 aliphatic carbocycles. The van der Waals surface area contributed by atoms with Gasteiger partial charge < -0.3 is 10.8 Å². The van der Waals surface area contributed by atoms with E-state index in [0.717, 1.165) is 29.5 Å². The van der Waals surface area contributed by atoms with Crippen molar-refractivity contribution in [1.82, 2.24) is 0 Å². The molecule has 0 fully saturated rings. The summed E-state index contributed by atoms with van der Waals surface area (Å²) in [5.41, 5.74) is 8.67. The predicted molar refractivity (Wildman–Crippen MR) is 63.8 cm³/mol. The maximum Gasteiger partial charge on any atom is 0.120 e. The quantitative estimate of drug-likeness (QED) is 0.721. The lowest BCUT2D eigenvalue weighted by atomic mass is 9.95. The number of hydrogen-bond donors (Lipinski definition) is 2. The Hall–Kier alpha value is -1.54. The fourth-order valence-corrected chi connectivity index (χ4v) is 1.70. The first-order valence-corrected chi connectivity index (χ1v) is 4.99. The van der Waals surface area contributed by atoms with E-state index in [1.807, 2.05) is 18.2 Å². The summed E-state index contributed by atoms with van der Waals surface area (Å²) in [4.78, 5) is 0. The fourth-order valence-electron chi connectivity index (χ4n) is 1.70. The zero-order valence-electron chi connectivity index (χ0n) is 8.87. The maximum absolute atomic E-state index is 9.67. The largest absolute Gasteiger partial charge is 0.508 e. The number of nitrogens with two attached hydrogens (primary N) is 1. The van der Waals surface area contributed by atoms with Gasteiger partial charge >= 0.3 is 0 Å². The molecule has 2 heteroatoms. The van der Waals surface area contributed by atoms with Crippen molar-refractivity contribution in [2.24, 2.45) is 5.73 Å². The predicted octanol–water partition coefficient (Wildman–Crippen LogP) is 2.31. The molecule has 0 spiro atoms. The van der Waals surface area contributed by atoms with Crippen molar-refractivity contribution in [3.63, 3.8) is 0 Å². The van der Waals surface area contributed by atoms with Crippen molar-refractivity contribution in [2.45, 2.75) is 19.4 Å². The third kappa shape index (κ3) is 2.48. The average molecular weight is 203 g/mol. The van der Waals surface area contributed by atoms with Gasteiger partial charge in [-0.2, -0.15) is 0 Å². The normalized spacial score (nSPS) is 9.93. The van der Waals surface area contributed by atoms with Crippen LogP contribution in [0.15, 0.2) is 37.4 Å². The number of aromatic hydroxyl groups is 1. The van der Waals surface area contributed by atoms with Crippen molar-refractivity contribution in [1.29, 1.82) is 0 Å². The summed E-state index contributed by atoms with van der Waals surface area (Å²) >= 11 is 0. The number of rotatable bonds is 5. The summed E-state index contributed by atoms with van der Waals surface area (Å²) in [5.74, 6) is 0.266. The van der Waals surface area contributed by atoms with Crippen molar-refractivity contribution in [3.05, 3.63) is 54.1 Å². The number of benzene rings is 1. The van der Waals surface area contributed by atoms with Gasteiger partial charge in [0.2, 0.25) is 0 Å². The zero-order valence-corrected chi connectivity index (χ0v) is 8.87. The van der Waals surface area contributed by atoms with Gasteiger partial charge in [0.25, 0.3) is 0 Å². The number of allylic oxidation sites excluding steroid dienone is 2. The standard InChI is InChI=1S/C13H17NO/c1-3-5-10-7-8-13(15)12(9-14)11(10)6-4-2/h3-4,7-8,15H,1-2,5-6,9,14H2. The molecule has 0 aliphatic heterocycles. The van der Waals surface area contributed by atoms with Gasteiger partial charge in [-0.15, -0.1) is 13.2 Å². The van der Waals surface area contributed by atoms with E-state index in [1.54, 1.807) is 6.07 Å². The Morgan fingerprint density at radius 3 is 2.33 bits per heavy atom. The van der Waals surface area contributed by atoms with Gasteiger partial charge in [0.15, 0.2) is 0 Å². The summed E-state index contributed by atoms with van der Waals surface area (Å²) in [6.45, 7) is 7.78. The molecule has 1 aromatic carbocycles. The Kier molecular flexibility index (Phi) is 4.13. The first-order chi connectivity index (χ1) is 7.24. The number of phenolic OH excluding ortho intramolecular Hbond substituents is 1. The van der Waals surface area contributed by atoms with E-state index in [2.05, 4.69) is 13.2 Å². The highest BCUT2D eigenvalue weighted by atomic mass is 16.3. The summed E-state index contributed by atoms with van der Waals surface area (Å²) < 4.78 is 0. The third-order valence-electron chi connectivity index (χ3n) is 2.42. The van der Waals surface area contributed by atoms with Crippen molar-refractivity contribution < 1.29 is 5.11 Å². The topological polar surface area (TPSA) is 46.2 Å². The Balaban J connectivity index is 3.26. The Morgan fingerprint density at radius 1 is 1.13 bits per heavy atom. The highest BCUT2D eigenvalue weighted by molar-refractivity contribution is 5.45. The van der Waals surface area contributed by atoms with Crippen molar-refractivity contribution in [3.8, 4) is 5.75 Å². The molecule has 0 bridgehead atoms. The van der Waals surface area contributed by atoms with Crippen molar-refractivity contribution in [2.75, 3.05) is 0 Å². The summed E-state index contributed by atoms with van der Waals surface area (Å²) in [6, 6.07) is 3.60. The Labute approximate surface area is 90.7 Å². The van der Waals surface area contributed by atoms with Crippen LogP contribution in [0.1, 0.15) is 16.7 Å². The van der Waals surface area contributed by atoms with E-state index in [-0.39, 0.29) is 5.75 Å². The van der Waals surface area contributed by atoms with Gasteiger partial charge in [-0.3, -0.25) is 0 Å². The molecule has 0 aromatic heterocycles. The maximum atomic E-state index is 9.67. The Bertz CT molecular complexity index is 369. The lowest BCUT2D eigenvalue weighted by Gasteiger charge is -2.13. The summed E-state index contributed by atoms with van der Waals surface area (Å²) in [6.07, 6.45) is 5.18. The first-order valence-electron chi connectivity index (χ1n) is 4.99. The van der Waals surface area contributed by atoms with Gasteiger partial charge in [-0.05, 0) is 30.0 Å². The molecular formula is C13H17NO.